The fourth-order valence-corrected chi connectivity index (χ4v) is 3.48. The van der Waals surface area contributed by atoms with E-state index in [9.17, 15) is 0 Å². The van der Waals surface area contributed by atoms with Gasteiger partial charge < -0.3 is 15.4 Å². The first-order chi connectivity index (χ1) is 12.7. The van der Waals surface area contributed by atoms with Crippen molar-refractivity contribution < 1.29 is 4.74 Å². The molecule has 2 aromatic rings. The normalized spacial score (nSPS) is 11.4. The molecule has 0 bridgehead atoms. The van der Waals surface area contributed by atoms with Gasteiger partial charge >= 0.3 is 0 Å². The highest BCUT2D eigenvalue weighted by Gasteiger charge is 2.03. The van der Waals surface area contributed by atoms with Gasteiger partial charge in [0.15, 0.2) is 5.96 Å². The Kier molecular flexibility index (Phi) is 8.96. The molecule has 1 aromatic heterocycles. The Morgan fingerprint density at radius 1 is 1.19 bits per heavy atom. The minimum absolute atomic E-state index is 0.824. The number of thiazole rings is 1. The number of hydrogen-bond acceptors (Lipinski definition) is 4. The van der Waals surface area contributed by atoms with Gasteiger partial charge in [-0.2, -0.15) is 0 Å². The van der Waals surface area contributed by atoms with Crippen LogP contribution in [0.3, 0.4) is 0 Å². The number of rotatable bonds is 10. The Balaban J connectivity index is 1.71. The van der Waals surface area contributed by atoms with Gasteiger partial charge in [0.25, 0.3) is 0 Å². The van der Waals surface area contributed by atoms with E-state index < -0.39 is 0 Å². The minimum Gasteiger partial charge on any atom is -0.496 e. The van der Waals surface area contributed by atoms with Crippen LogP contribution in [-0.2, 0) is 12.8 Å². The maximum Gasteiger partial charge on any atom is 0.191 e. The summed E-state index contributed by atoms with van der Waals surface area (Å²) in [5.41, 5.74) is 2.33. The number of unbranched alkanes of at least 4 members (excludes halogenated alkanes) is 1. The predicted molar refractivity (Wildman–Crippen MR) is 110 cm³/mol. The van der Waals surface area contributed by atoms with Gasteiger partial charge in [-0.05, 0) is 51.2 Å². The first-order valence-corrected chi connectivity index (χ1v) is 10.2. The largest absolute Gasteiger partial charge is 0.496 e. The zero-order valence-electron chi connectivity index (χ0n) is 16.0. The molecule has 5 nitrogen and oxygen atoms in total. The Morgan fingerprint density at radius 2 is 2.04 bits per heavy atom. The highest BCUT2D eigenvalue weighted by molar-refractivity contribution is 7.09. The second kappa shape index (κ2) is 11.5. The number of para-hydroxylation sites is 1. The Bertz CT molecular complexity index is 684. The van der Waals surface area contributed by atoms with Gasteiger partial charge in [-0.1, -0.05) is 18.2 Å². The minimum atomic E-state index is 0.824. The Morgan fingerprint density at radius 3 is 2.77 bits per heavy atom. The summed E-state index contributed by atoms with van der Waals surface area (Å²) >= 11 is 1.75. The topological polar surface area (TPSA) is 58.5 Å². The lowest BCUT2D eigenvalue weighted by molar-refractivity contribution is 0.409. The third-order valence-electron chi connectivity index (χ3n) is 3.96. The van der Waals surface area contributed by atoms with Crippen LogP contribution in [0, 0.1) is 6.92 Å². The van der Waals surface area contributed by atoms with Crippen LogP contribution in [0.4, 0.5) is 0 Å². The number of benzene rings is 1. The van der Waals surface area contributed by atoms with Crippen molar-refractivity contribution in [1.29, 1.82) is 0 Å². The van der Waals surface area contributed by atoms with Crippen LogP contribution >= 0.6 is 11.3 Å². The van der Waals surface area contributed by atoms with E-state index >= 15 is 0 Å². The van der Waals surface area contributed by atoms with Crippen molar-refractivity contribution in [3.8, 4) is 5.75 Å². The standard InChI is InChI=1S/C20H30N4OS/c1-4-21-20(22-13-8-7-11-19-24-16(2)15-26-19)23-14-12-17-9-5-6-10-18(17)25-3/h5-6,9-10,15H,4,7-8,11-14H2,1-3H3,(H2,21,22,23). The lowest BCUT2D eigenvalue weighted by Gasteiger charge is -2.12. The molecule has 2 rings (SSSR count). The van der Waals surface area contributed by atoms with Crippen LogP contribution in [0.5, 0.6) is 5.75 Å². The second-order valence-electron chi connectivity index (χ2n) is 6.09. The molecule has 0 unspecified atom stereocenters. The number of aromatic nitrogens is 1. The van der Waals surface area contributed by atoms with Gasteiger partial charge in [-0.3, -0.25) is 4.99 Å². The molecule has 6 heteroatoms. The average Bonchev–Trinajstić information content (AvgIpc) is 3.07. The van der Waals surface area contributed by atoms with E-state index in [-0.39, 0.29) is 0 Å². The highest BCUT2D eigenvalue weighted by Crippen LogP contribution is 2.17. The van der Waals surface area contributed by atoms with Gasteiger partial charge in [0.05, 0.1) is 12.1 Å². The molecule has 0 saturated heterocycles. The van der Waals surface area contributed by atoms with E-state index in [4.69, 9.17) is 4.74 Å². The fourth-order valence-electron chi connectivity index (χ4n) is 2.66. The molecule has 0 amide bonds. The molecule has 0 fully saturated rings. The van der Waals surface area contributed by atoms with Gasteiger partial charge in [0, 0.05) is 30.7 Å². The van der Waals surface area contributed by atoms with E-state index in [2.05, 4.69) is 39.0 Å². The van der Waals surface area contributed by atoms with Crippen molar-refractivity contribution in [1.82, 2.24) is 15.6 Å². The van der Waals surface area contributed by atoms with Crippen LogP contribution < -0.4 is 15.4 Å². The van der Waals surface area contributed by atoms with Gasteiger partial charge in [0.2, 0.25) is 0 Å². The van der Waals surface area contributed by atoms with E-state index in [1.807, 2.05) is 25.1 Å². The number of aryl methyl sites for hydroxylation is 2. The quantitative estimate of drug-likeness (QED) is 0.379. The van der Waals surface area contributed by atoms with Crippen LogP contribution in [0.25, 0.3) is 0 Å². The molecule has 0 atom stereocenters. The fraction of sp³-hybridized carbons (Fsp3) is 0.500. The third-order valence-corrected chi connectivity index (χ3v) is 4.99. The number of nitrogens with zero attached hydrogens (tertiary/aromatic N) is 2. The summed E-state index contributed by atoms with van der Waals surface area (Å²) in [6.07, 6.45) is 4.14. The maximum absolute atomic E-state index is 5.40. The summed E-state index contributed by atoms with van der Waals surface area (Å²) in [6, 6.07) is 8.14. The number of hydrogen-bond donors (Lipinski definition) is 2. The van der Waals surface area contributed by atoms with Crippen LogP contribution in [0.1, 0.15) is 36.0 Å². The van der Waals surface area contributed by atoms with E-state index in [0.717, 1.165) is 62.7 Å². The molecule has 0 saturated carbocycles. The molecule has 2 N–H and O–H groups in total. The molecule has 142 valence electrons. The maximum atomic E-state index is 5.40. The summed E-state index contributed by atoms with van der Waals surface area (Å²) in [4.78, 5) is 9.17. The van der Waals surface area contributed by atoms with E-state index in [0.29, 0.717) is 0 Å². The Hall–Kier alpha value is -2.08. The molecular weight excluding hydrogens is 344 g/mol. The lowest BCUT2D eigenvalue weighted by Crippen LogP contribution is -2.38. The summed E-state index contributed by atoms with van der Waals surface area (Å²) in [7, 11) is 1.71. The van der Waals surface area contributed by atoms with Crippen molar-refractivity contribution in [2.24, 2.45) is 4.99 Å². The Labute approximate surface area is 160 Å². The van der Waals surface area contributed by atoms with Gasteiger partial charge in [0.1, 0.15) is 5.75 Å². The SMILES string of the molecule is CCNC(=NCCCCc1nc(C)cs1)NCCc1ccccc1OC. The molecule has 0 aliphatic heterocycles. The molecule has 0 aliphatic rings. The van der Waals surface area contributed by atoms with Crippen molar-refractivity contribution in [2.75, 3.05) is 26.7 Å². The number of aliphatic imine (C=N–C) groups is 1. The molecular formula is C20H30N4OS. The van der Waals surface area contributed by atoms with Crippen molar-refractivity contribution in [3.63, 3.8) is 0 Å². The van der Waals surface area contributed by atoms with Gasteiger partial charge in [-0.15, -0.1) is 11.3 Å². The van der Waals surface area contributed by atoms with Crippen LogP contribution in [-0.4, -0.2) is 37.7 Å². The molecule has 0 aliphatic carbocycles. The van der Waals surface area contributed by atoms with Gasteiger partial charge in [-0.25, -0.2) is 4.98 Å². The summed E-state index contributed by atoms with van der Waals surface area (Å²) in [5, 5.41) is 10.1. The number of guanidine groups is 1. The number of nitrogens with one attached hydrogen (secondary N) is 2. The summed E-state index contributed by atoms with van der Waals surface area (Å²) < 4.78 is 5.40. The summed E-state index contributed by atoms with van der Waals surface area (Å²) in [5.74, 6) is 1.82. The average molecular weight is 375 g/mol. The third kappa shape index (κ3) is 7.04. The van der Waals surface area contributed by atoms with E-state index in [1.165, 1.54) is 10.6 Å². The molecule has 1 aromatic carbocycles. The first kappa shape index (κ1) is 20.2. The smallest absolute Gasteiger partial charge is 0.191 e. The highest BCUT2D eigenvalue weighted by atomic mass is 32.1. The van der Waals surface area contributed by atoms with Crippen molar-refractivity contribution >= 4 is 17.3 Å². The van der Waals surface area contributed by atoms with Crippen LogP contribution in [0.15, 0.2) is 34.6 Å². The zero-order chi connectivity index (χ0) is 18.6. The van der Waals surface area contributed by atoms with Crippen molar-refractivity contribution in [3.05, 3.63) is 45.9 Å². The first-order valence-electron chi connectivity index (χ1n) is 9.28. The van der Waals surface area contributed by atoms with Crippen molar-refractivity contribution in [2.45, 2.75) is 39.5 Å². The van der Waals surface area contributed by atoms with E-state index in [1.54, 1.807) is 18.4 Å². The summed E-state index contributed by atoms with van der Waals surface area (Å²) in [6.45, 7) is 6.64. The molecule has 0 spiro atoms. The lowest BCUT2D eigenvalue weighted by atomic mass is 10.1. The number of methoxy groups -OCH3 is 1. The predicted octanol–water partition coefficient (Wildman–Crippen LogP) is 3.58. The molecule has 1 heterocycles. The zero-order valence-corrected chi connectivity index (χ0v) is 16.9. The monoisotopic (exact) mass is 374 g/mol. The molecule has 0 radical (unpaired) electrons. The second-order valence-corrected chi connectivity index (χ2v) is 7.03. The number of ether oxygens (including phenoxy) is 1. The molecule has 26 heavy (non-hydrogen) atoms. The van der Waals surface area contributed by atoms with Crippen LogP contribution in [0.2, 0.25) is 0 Å².